The average molecular weight is 468 g/mol. The predicted molar refractivity (Wildman–Crippen MR) is 98.7 cm³/mol. The van der Waals surface area contributed by atoms with Crippen molar-refractivity contribution in [3.63, 3.8) is 0 Å². The molecule has 5 rings (SSSR count). The number of fused-ring (bicyclic) bond motifs is 4. The zero-order valence-corrected chi connectivity index (χ0v) is 16.9. The van der Waals surface area contributed by atoms with Gasteiger partial charge < -0.3 is 14.8 Å². The standard InChI is InChI=1S/C22H18NO4.Ag/c1-3-22(26)17-9-14-15(20(24)16(17)10-27-21(22)25)8-12-7-13-11(2)5-4-6-18(13)23-19(12)14;/h4-6,9,15,26H,3,8,10H2,1-2H3;/q-1;+1. The molecule has 0 fully saturated rings. The first-order valence-corrected chi connectivity index (χ1v) is 9.15. The molecule has 2 unspecified atom stereocenters. The van der Waals surface area contributed by atoms with Crippen LogP contribution in [0.2, 0.25) is 0 Å². The van der Waals surface area contributed by atoms with E-state index in [9.17, 15) is 14.7 Å². The van der Waals surface area contributed by atoms with Gasteiger partial charge in [0, 0.05) is 17.1 Å². The van der Waals surface area contributed by atoms with Crippen LogP contribution >= 0.6 is 0 Å². The van der Waals surface area contributed by atoms with Gasteiger partial charge in [0.2, 0.25) is 0 Å². The molecule has 0 spiro atoms. The first kappa shape index (κ1) is 19.3. The summed E-state index contributed by atoms with van der Waals surface area (Å²) in [6.07, 6.45) is 2.47. The maximum absolute atomic E-state index is 13.1. The number of aromatic nitrogens is 1. The van der Waals surface area contributed by atoms with Gasteiger partial charge in [-0.1, -0.05) is 37.6 Å². The third-order valence-electron chi connectivity index (χ3n) is 5.98. The second-order valence-corrected chi connectivity index (χ2v) is 7.44. The number of hydrogen-bond donors (Lipinski definition) is 1. The van der Waals surface area contributed by atoms with Crippen LogP contribution < -0.4 is 0 Å². The van der Waals surface area contributed by atoms with E-state index < -0.39 is 11.6 Å². The Kier molecular flexibility index (Phi) is 4.47. The fraction of sp³-hybridized carbons (Fsp3) is 0.318. The molecule has 1 N–H and O–H groups in total. The smallest absolute Gasteiger partial charge is 0.458 e. The van der Waals surface area contributed by atoms with Gasteiger partial charge >= 0.3 is 28.3 Å². The number of Topliss-reactive ketones (excluding diaryl/α,β-unsaturated/α-hetero) is 1. The fourth-order valence-electron chi connectivity index (χ4n) is 4.38. The third kappa shape index (κ3) is 2.44. The molecule has 1 aliphatic heterocycles. The number of pyridine rings is 1. The van der Waals surface area contributed by atoms with Crippen LogP contribution in [0.5, 0.6) is 0 Å². The molecule has 0 saturated carbocycles. The van der Waals surface area contributed by atoms with Crippen LogP contribution in [0.25, 0.3) is 16.5 Å². The first-order chi connectivity index (χ1) is 12.9. The molecular formula is C22H18AgNO4. The molecule has 2 heterocycles. The average Bonchev–Trinajstić information content (AvgIpc) is 3.02. The van der Waals surface area contributed by atoms with Crippen LogP contribution in [0.15, 0.2) is 35.4 Å². The molecule has 0 saturated heterocycles. The molecule has 1 aromatic carbocycles. The number of ether oxygens (including phenoxy) is 1. The van der Waals surface area contributed by atoms with Crippen molar-refractivity contribution in [3.05, 3.63) is 58.3 Å². The van der Waals surface area contributed by atoms with Crippen LogP contribution in [0.1, 0.15) is 30.2 Å². The number of hydrogen-bond acceptors (Lipinski definition) is 5. The number of aryl methyl sites for hydroxylation is 1. The molecule has 2 aromatic rings. The number of carbonyl (C=O) groups excluding carboxylic acids is 2. The van der Waals surface area contributed by atoms with Crippen molar-refractivity contribution in [2.45, 2.75) is 32.3 Å². The Morgan fingerprint density at radius 1 is 1.36 bits per heavy atom. The first-order valence-electron chi connectivity index (χ1n) is 9.15. The van der Waals surface area contributed by atoms with E-state index in [-0.39, 0.29) is 47.1 Å². The molecule has 5 nitrogen and oxygen atoms in total. The predicted octanol–water partition coefficient (Wildman–Crippen LogP) is 2.47. The summed E-state index contributed by atoms with van der Waals surface area (Å²) in [6, 6.07) is 9.34. The molecule has 3 aliphatic rings. The Morgan fingerprint density at radius 2 is 2.14 bits per heavy atom. The quantitative estimate of drug-likeness (QED) is 0.396. The molecule has 0 bridgehead atoms. The number of rotatable bonds is 1. The Labute approximate surface area is 178 Å². The molecule has 6 heteroatoms. The van der Waals surface area contributed by atoms with E-state index in [1.54, 1.807) is 13.0 Å². The number of benzene rings is 1. The van der Waals surface area contributed by atoms with Gasteiger partial charge in [0.25, 0.3) is 0 Å². The summed E-state index contributed by atoms with van der Waals surface area (Å²) in [5, 5.41) is 11.8. The molecule has 146 valence electrons. The topological polar surface area (TPSA) is 76.5 Å². The van der Waals surface area contributed by atoms with Gasteiger partial charge in [-0.15, -0.1) is 28.6 Å². The zero-order valence-electron chi connectivity index (χ0n) is 15.4. The second kappa shape index (κ2) is 6.49. The van der Waals surface area contributed by atoms with Crippen LogP contribution in [0.3, 0.4) is 0 Å². The largest absolute Gasteiger partial charge is 1.00 e. The minimum Gasteiger partial charge on any atom is -0.458 e. The zero-order chi connectivity index (χ0) is 18.9. The summed E-state index contributed by atoms with van der Waals surface area (Å²) in [4.78, 5) is 30.1. The number of aliphatic hydroxyl groups is 1. The number of nitrogens with zero attached hydrogens (tertiary/aromatic N) is 1. The summed E-state index contributed by atoms with van der Waals surface area (Å²) < 4.78 is 5.11. The van der Waals surface area contributed by atoms with Gasteiger partial charge in [0.05, 0.1) is 0 Å². The van der Waals surface area contributed by atoms with Gasteiger partial charge in [-0.2, -0.15) is 0 Å². The van der Waals surface area contributed by atoms with Crippen LogP contribution in [0.4, 0.5) is 0 Å². The van der Waals surface area contributed by atoms with E-state index in [4.69, 9.17) is 9.72 Å². The SMILES string of the molecule is CCC1(O)C(=O)OCC2=C1C=C1c3nc4cccc(C)c4[c-]c3CC1C2=O.[Ag+]. The van der Waals surface area contributed by atoms with E-state index in [1.165, 1.54) is 0 Å². The van der Waals surface area contributed by atoms with Gasteiger partial charge in [-0.3, -0.25) is 4.79 Å². The Hall–Kier alpha value is -2.05. The number of ketones is 1. The van der Waals surface area contributed by atoms with E-state index in [0.717, 1.165) is 33.3 Å². The molecule has 2 atom stereocenters. The Bertz CT molecular complexity index is 1120. The van der Waals surface area contributed by atoms with E-state index in [0.29, 0.717) is 17.6 Å². The van der Waals surface area contributed by atoms with Gasteiger partial charge in [-0.25, -0.2) is 4.79 Å². The molecule has 2 aliphatic carbocycles. The van der Waals surface area contributed by atoms with E-state index >= 15 is 0 Å². The van der Waals surface area contributed by atoms with E-state index in [2.05, 4.69) is 6.07 Å². The summed E-state index contributed by atoms with van der Waals surface area (Å²) >= 11 is 0. The van der Waals surface area contributed by atoms with Crippen LogP contribution in [0, 0.1) is 18.9 Å². The third-order valence-corrected chi connectivity index (χ3v) is 5.98. The number of carbonyl (C=O) groups is 2. The second-order valence-electron chi connectivity index (χ2n) is 7.44. The van der Waals surface area contributed by atoms with Crippen molar-refractivity contribution in [1.82, 2.24) is 4.98 Å². The Balaban J connectivity index is 0.00000192. The summed E-state index contributed by atoms with van der Waals surface area (Å²) in [5.74, 6) is -1.13. The van der Waals surface area contributed by atoms with Crippen molar-refractivity contribution in [3.8, 4) is 0 Å². The summed E-state index contributed by atoms with van der Waals surface area (Å²) in [7, 11) is 0. The summed E-state index contributed by atoms with van der Waals surface area (Å²) in [5.41, 5.74) is 3.35. The maximum Gasteiger partial charge on any atom is 1.00 e. The molecule has 0 radical (unpaired) electrons. The van der Waals surface area contributed by atoms with Gasteiger partial charge in [-0.05, 0) is 24.1 Å². The number of cyclic esters (lactones) is 1. The van der Waals surface area contributed by atoms with Crippen molar-refractivity contribution < 1.29 is 41.8 Å². The maximum atomic E-state index is 13.1. The Morgan fingerprint density at radius 3 is 2.89 bits per heavy atom. The van der Waals surface area contributed by atoms with Crippen molar-refractivity contribution >= 4 is 28.2 Å². The number of esters is 1. The van der Waals surface area contributed by atoms with Crippen molar-refractivity contribution in [2.24, 2.45) is 5.92 Å². The molecule has 1 aromatic heterocycles. The normalized spacial score (nSPS) is 25.5. The minimum absolute atomic E-state index is 0. The van der Waals surface area contributed by atoms with Crippen LogP contribution in [-0.2, 0) is 43.1 Å². The molecule has 0 amide bonds. The van der Waals surface area contributed by atoms with Gasteiger partial charge in [0.15, 0.2) is 11.4 Å². The molecule has 28 heavy (non-hydrogen) atoms. The number of allylic oxidation sites excluding steroid dienone is 1. The minimum atomic E-state index is -1.78. The fourth-order valence-corrected chi connectivity index (χ4v) is 4.38. The van der Waals surface area contributed by atoms with Crippen molar-refractivity contribution in [1.29, 1.82) is 0 Å². The molecular weight excluding hydrogens is 450 g/mol. The van der Waals surface area contributed by atoms with Crippen LogP contribution in [-0.4, -0.2) is 34.1 Å². The van der Waals surface area contributed by atoms with Crippen molar-refractivity contribution in [2.75, 3.05) is 6.61 Å². The van der Waals surface area contributed by atoms with Gasteiger partial charge in [0.1, 0.15) is 6.61 Å². The monoisotopic (exact) mass is 467 g/mol. The van der Waals surface area contributed by atoms with E-state index in [1.807, 2.05) is 25.1 Å². The summed E-state index contributed by atoms with van der Waals surface area (Å²) in [6.45, 7) is 3.64.